The van der Waals surface area contributed by atoms with E-state index < -0.39 is 0 Å². The summed E-state index contributed by atoms with van der Waals surface area (Å²) in [6, 6.07) is 0. The van der Waals surface area contributed by atoms with Gasteiger partial charge in [0.1, 0.15) is 0 Å². The van der Waals surface area contributed by atoms with Crippen molar-refractivity contribution in [1.82, 2.24) is 0 Å². The highest BCUT2D eigenvalue weighted by atomic mass is 14.5. The van der Waals surface area contributed by atoms with Gasteiger partial charge in [0, 0.05) is 11.8 Å². The summed E-state index contributed by atoms with van der Waals surface area (Å²) in [7, 11) is 0. The summed E-state index contributed by atoms with van der Waals surface area (Å²) in [5.41, 5.74) is 3.34. The maximum absolute atomic E-state index is 2.59. The third-order valence-electron chi connectivity index (χ3n) is 6.60. The van der Waals surface area contributed by atoms with Crippen LogP contribution in [0.2, 0.25) is 0 Å². The van der Waals surface area contributed by atoms with Crippen LogP contribution in [0.25, 0.3) is 0 Å². The molecule has 0 nitrogen and oxygen atoms in total. The second-order valence-electron chi connectivity index (χ2n) is 7.30. The van der Waals surface area contributed by atoms with E-state index in [9.17, 15) is 0 Å². The highest BCUT2D eigenvalue weighted by Gasteiger charge is 2.50. The van der Waals surface area contributed by atoms with Gasteiger partial charge in [0.2, 0.25) is 0 Å². The van der Waals surface area contributed by atoms with Crippen LogP contribution in [0.3, 0.4) is 0 Å². The van der Waals surface area contributed by atoms with E-state index in [0.717, 1.165) is 11.8 Å². The topological polar surface area (TPSA) is 0 Å². The van der Waals surface area contributed by atoms with Gasteiger partial charge in [-0.3, -0.25) is 0 Å². The van der Waals surface area contributed by atoms with Crippen molar-refractivity contribution < 1.29 is 0 Å². The van der Waals surface area contributed by atoms with E-state index in [-0.39, 0.29) is 0 Å². The Labute approximate surface area is 120 Å². The molecule has 0 aliphatic heterocycles. The molecule has 6 rings (SSSR count). The molecule has 0 heteroatoms. The summed E-state index contributed by atoms with van der Waals surface area (Å²) in [5, 5.41) is 0. The molecule has 6 unspecified atom stereocenters. The molecular weight excluding hydrogens is 240 g/mol. The van der Waals surface area contributed by atoms with Crippen molar-refractivity contribution in [3.05, 3.63) is 71.9 Å². The third-order valence-corrected chi connectivity index (χ3v) is 6.60. The lowest BCUT2D eigenvalue weighted by Crippen LogP contribution is -2.16. The molecule has 0 saturated heterocycles. The van der Waals surface area contributed by atoms with Crippen LogP contribution in [-0.2, 0) is 0 Å². The molecule has 0 spiro atoms. The van der Waals surface area contributed by atoms with Gasteiger partial charge in [-0.2, -0.15) is 0 Å². The molecular formula is C20H18. The van der Waals surface area contributed by atoms with Crippen molar-refractivity contribution >= 4 is 0 Å². The lowest BCUT2D eigenvalue weighted by Gasteiger charge is -2.22. The summed E-state index contributed by atoms with van der Waals surface area (Å²) < 4.78 is 0. The lowest BCUT2D eigenvalue weighted by atomic mass is 9.81. The fourth-order valence-corrected chi connectivity index (χ4v) is 5.80. The lowest BCUT2D eigenvalue weighted by molar-refractivity contribution is 0.398. The summed E-state index contributed by atoms with van der Waals surface area (Å²) >= 11 is 0. The van der Waals surface area contributed by atoms with Crippen LogP contribution in [0.4, 0.5) is 0 Å². The predicted molar refractivity (Wildman–Crippen MR) is 80.6 cm³/mol. The van der Waals surface area contributed by atoms with Crippen LogP contribution >= 0.6 is 0 Å². The normalized spacial score (nSPS) is 54.8. The fourth-order valence-electron chi connectivity index (χ4n) is 5.80. The van der Waals surface area contributed by atoms with Gasteiger partial charge in [0.25, 0.3) is 0 Å². The van der Waals surface area contributed by atoms with Crippen molar-refractivity contribution in [1.29, 1.82) is 0 Å². The van der Waals surface area contributed by atoms with E-state index in [2.05, 4.69) is 60.8 Å². The average Bonchev–Trinajstić information content (AvgIpc) is 3.18. The van der Waals surface area contributed by atoms with Gasteiger partial charge in [0.15, 0.2) is 0 Å². The van der Waals surface area contributed by atoms with Crippen molar-refractivity contribution in [2.45, 2.75) is 0 Å². The van der Waals surface area contributed by atoms with Gasteiger partial charge >= 0.3 is 0 Å². The van der Waals surface area contributed by atoms with Crippen LogP contribution in [0.15, 0.2) is 71.9 Å². The Kier molecular flexibility index (Phi) is 1.63. The predicted octanol–water partition coefficient (Wildman–Crippen LogP) is 4.08. The third kappa shape index (κ3) is 1.01. The van der Waals surface area contributed by atoms with E-state index in [0.29, 0.717) is 35.5 Å². The van der Waals surface area contributed by atoms with Gasteiger partial charge in [-0.15, -0.1) is 0 Å². The Bertz CT molecular complexity index is 621. The standard InChI is InChI=1S/C20H18/c1-3-13-9-17(15-7-5-11(1)19(13)15)18-10-14-4-2-12-6-8-16(18)20(12)14/h1-16,19-20H/t11?,12?,13?,14?,15?,16?,19-,20+. The second-order valence-corrected chi connectivity index (χ2v) is 7.30. The summed E-state index contributed by atoms with van der Waals surface area (Å²) in [5.74, 6) is 5.87. The van der Waals surface area contributed by atoms with Crippen molar-refractivity contribution in [3.63, 3.8) is 0 Å². The largest absolute Gasteiger partial charge is 0.0807 e. The second kappa shape index (κ2) is 3.19. The Morgan fingerprint density at radius 2 is 0.850 bits per heavy atom. The van der Waals surface area contributed by atoms with Gasteiger partial charge < -0.3 is 0 Å². The smallest absolute Gasteiger partial charge is 0.00636 e. The van der Waals surface area contributed by atoms with Crippen LogP contribution in [-0.4, -0.2) is 0 Å². The summed E-state index contributed by atoms with van der Waals surface area (Å²) in [4.78, 5) is 0. The molecule has 0 heterocycles. The number of hydrogen-bond acceptors (Lipinski definition) is 0. The monoisotopic (exact) mass is 258 g/mol. The summed E-state index contributed by atoms with van der Waals surface area (Å²) in [6.45, 7) is 0. The van der Waals surface area contributed by atoms with Gasteiger partial charge in [-0.25, -0.2) is 0 Å². The van der Waals surface area contributed by atoms with Crippen molar-refractivity contribution in [2.75, 3.05) is 0 Å². The maximum Gasteiger partial charge on any atom is 0.00636 e. The Morgan fingerprint density at radius 1 is 0.450 bits per heavy atom. The van der Waals surface area contributed by atoms with Crippen LogP contribution in [0.5, 0.6) is 0 Å². The van der Waals surface area contributed by atoms with E-state index in [4.69, 9.17) is 0 Å². The molecule has 0 saturated carbocycles. The van der Waals surface area contributed by atoms with E-state index >= 15 is 0 Å². The number of allylic oxidation sites excluding steroid dienone is 12. The minimum atomic E-state index is 0.696. The van der Waals surface area contributed by atoms with Gasteiger partial charge in [-0.05, 0) is 46.7 Å². The molecule has 0 fully saturated rings. The van der Waals surface area contributed by atoms with Crippen LogP contribution in [0.1, 0.15) is 0 Å². The zero-order valence-electron chi connectivity index (χ0n) is 11.4. The fraction of sp³-hybridized carbons (Fsp3) is 0.400. The first-order valence-corrected chi connectivity index (χ1v) is 8.07. The molecule has 0 bridgehead atoms. The molecule has 0 aromatic heterocycles. The zero-order valence-corrected chi connectivity index (χ0v) is 11.4. The Morgan fingerprint density at radius 3 is 1.35 bits per heavy atom. The molecule has 6 aliphatic carbocycles. The molecule has 0 radical (unpaired) electrons. The van der Waals surface area contributed by atoms with Crippen molar-refractivity contribution in [3.8, 4) is 0 Å². The minimum Gasteiger partial charge on any atom is -0.0807 e. The molecule has 0 amide bonds. The zero-order chi connectivity index (χ0) is 12.8. The molecule has 0 aromatic rings. The first kappa shape index (κ1) is 10.2. The quantitative estimate of drug-likeness (QED) is 0.622. The van der Waals surface area contributed by atoms with Crippen LogP contribution < -0.4 is 0 Å². The molecule has 0 aromatic carbocycles. The van der Waals surface area contributed by atoms with E-state index in [1.165, 1.54) is 0 Å². The number of rotatable bonds is 1. The van der Waals surface area contributed by atoms with E-state index in [1.54, 1.807) is 11.1 Å². The first-order chi connectivity index (χ1) is 9.90. The highest BCUT2D eigenvalue weighted by Crippen LogP contribution is 2.59. The summed E-state index contributed by atoms with van der Waals surface area (Å²) in [6.07, 6.45) is 24.8. The average molecular weight is 258 g/mol. The minimum absolute atomic E-state index is 0.696. The van der Waals surface area contributed by atoms with E-state index in [1.807, 2.05) is 0 Å². The Balaban J connectivity index is 1.47. The maximum atomic E-state index is 2.59. The van der Waals surface area contributed by atoms with Gasteiger partial charge in [-0.1, -0.05) is 60.8 Å². The molecule has 8 atom stereocenters. The Hall–Kier alpha value is -1.56. The van der Waals surface area contributed by atoms with Crippen LogP contribution in [0, 0.1) is 47.3 Å². The highest BCUT2D eigenvalue weighted by molar-refractivity contribution is 5.53. The SMILES string of the molecule is C1=CC2C=C(C3=CC4C=CC5C=CC3[C@@H]54)C3C=CC1[C@H]23. The number of hydrogen-bond donors (Lipinski definition) is 0. The molecule has 0 N–H and O–H groups in total. The van der Waals surface area contributed by atoms with Crippen molar-refractivity contribution in [2.24, 2.45) is 47.3 Å². The first-order valence-electron chi connectivity index (χ1n) is 8.07. The molecule has 20 heavy (non-hydrogen) atoms. The molecule has 98 valence electrons. The van der Waals surface area contributed by atoms with Gasteiger partial charge in [0.05, 0.1) is 0 Å². The molecule has 6 aliphatic rings.